The molecule has 3 fully saturated rings. The summed E-state index contributed by atoms with van der Waals surface area (Å²) in [5, 5.41) is 3.75. The van der Waals surface area contributed by atoms with Crippen molar-refractivity contribution in [1.29, 1.82) is 0 Å². The molecule has 2 aromatic rings. The van der Waals surface area contributed by atoms with Crippen molar-refractivity contribution >= 4 is 32.6 Å². The van der Waals surface area contributed by atoms with Gasteiger partial charge in [-0.1, -0.05) is 11.3 Å². The summed E-state index contributed by atoms with van der Waals surface area (Å²) in [6.07, 6.45) is 2.41. The first-order chi connectivity index (χ1) is 10.2. The Kier molecular flexibility index (Phi) is 3.08. The van der Waals surface area contributed by atoms with Crippen molar-refractivity contribution in [3.63, 3.8) is 0 Å². The number of nitrogen functional groups attached to an aromatic ring is 1. The highest BCUT2D eigenvalue weighted by atomic mass is 32.1. The van der Waals surface area contributed by atoms with Crippen molar-refractivity contribution in [3.05, 3.63) is 23.8 Å². The average Bonchev–Trinajstić information content (AvgIpc) is 2.87. The lowest BCUT2D eigenvalue weighted by Gasteiger charge is -2.44. The molecule has 3 saturated heterocycles. The van der Waals surface area contributed by atoms with Gasteiger partial charge in [-0.2, -0.15) is 0 Å². The third-order valence-electron chi connectivity index (χ3n) is 4.64. The summed E-state index contributed by atoms with van der Waals surface area (Å²) in [7, 11) is 0. The number of carbonyl (C=O) groups excluding carboxylic acids is 1. The molecule has 1 aromatic carbocycles. The van der Waals surface area contributed by atoms with E-state index in [0.29, 0.717) is 22.7 Å². The van der Waals surface area contributed by atoms with Crippen LogP contribution in [0.2, 0.25) is 0 Å². The number of carbonyl (C=O) groups is 1. The number of piperidine rings is 3. The zero-order valence-corrected chi connectivity index (χ0v) is 12.5. The number of nitrogens with zero attached hydrogens (tertiary/aromatic N) is 2. The zero-order valence-electron chi connectivity index (χ0n) is 11.7. The summed E-state index contributed by atoms with van der Waals surface area (Å²) in [4.78, 5) is 19.1. The van der Waals surface area contributed by atoms with Gasteiger partial charge in [-0.3, -0.25) is 4.79 Å². The van der Waals surface area contributed by atoms with Gasteiger partial charge in [0.05, 0.1) is 10.2 Å². The number of fused-ring (bicyclic) bond motifs is 4. The highest BCUT2D eigenvalue weighted by Gasteiger charge is 2.34. The first kappa shape index (κ1) is 13.0. The van der Waals surface area contributed by atoms with E-state index in [2.05, 4.69) is 15.2 Å². The second-order valence-corrected chi connectivity index (χ2v) is 7.01. The minimum atomic E-state index is 0.0163. The predicted molar refractivity (Wildman–Crippen MR) is 84.5 cm³/mol. The lowest BCUT2D eigenvalue weighted by Crippen LogP contribution is -2.57. The zero-order chi connectivity index (χ0) is 14.4. The summed E-state index contributed by atoms with van der Waals surface area (Å²) >= 11 is 1.42. The van der Waals surface area contributed by atoms with Gasteiger partial charge in [0.15, 0.2) is 5.13 Å². The third kappa shape index (κ3) is 2.38. The molecule has 5 rings (SSSR count). The fraction of sp³-hybridized carbons (Fsp3) is 0.467. The number of benzene rings is 1. The monoisotopic (exact) mass is 302 g/mol. The van der Waals surface area contributed by atoms with Gasteiger partial charge >= 0.3 is 0 Å². The van der Waals surface area contributed by atoms with E-state index in [-0.39, 0.29) is 5.91 Å². The van der Waals surface area contributed by atoms with E-state index < -0.39 is 0 Å². The van der Waals surface area contributed by atoms with Crippen LogP contribution >= 0.6 is 11.3 Å². The molecule has 3 aliphatic rings. The van der Waals surface area contributed by atoms with E-state index in [0.717, 1.165) is 16.8 Å². The van der Waals surface area contributed by atoms with Gasteiger partial charge in [-0.25, -0.2) is 4.98 Å². The number of amides is 1. The number of hydrogen-bond acceptors (Lipinski definition) is 5. The molecule has 0 aliphatic carbocycles. The summed E-state index contributed by atoms with van der Waals surface area (Å²) in [5.41, 5.74) is 7.26. The Morgan fingerprint density at radius 2 is 2.19 bits per heavy atom. The van der Waals surface area contributed by atoms with Crippen LogP contribution in [-0.4, -0.2) is 41.5 Å². The number of hydrogen-bond donors (Lipinski definition) is 2. The van der Waals surface area contributed by atoms with Crippen molar-refractivity contribution in [3.8, 4) is 0 Å². The molecule has 1 amide bonds. The number of aromatic nitrogens is 1. The maximum Gasteiger partial charge on any atom is 0.251 e. The number of anilines is 1. The van der Waals surface area contributed by atoms with Crippen LogP contribution in [0, 0.1) is 5.92 Å². The molecular formula is C15H18N4OS. The van der Waals surface area contributed by atoms with Crippen molar-refractivity contribution in [1.82, 2.24) is 15.2 Å². The number of nitrogens with one attached hydrogen (secondary N) is 1. The number of thiazole rings is 1. The SMILES string of the molecule is Nc1nc2ccc(C(=O)N[C@H]3CN4CCC3CC4)cc2s1. The Labute approximate surface area is 127 Å². The molecule has 1 atom stereocenters. The van der Waals surface area contributed by atoms with Gasteiger partial charge in [0.25, 0.3) is 5.91 Å². The smallest absolute Gasteiger partial charge is 0.251 e. The lowest BCUT2D eigenvalue weighted by molar-refractivity contribution is 0.0620. The molecule has 0 unspecified atom stereocenters. The van der Waals surface area contributed by atoms with Gasteiger partial charge in [0.2, 0.25) is 0 Å². The first-order valence-electron chi connectivity index (χ1n) is 7.38. The van der Waals surface area contributed by atoms with Crippen LogP contribution in [0.4, 0.5) is 5.13 Å². The van der Waals surface area contributed by atoms with Gasteiger partial charge in [0.1, 0.15) is 0 Å². The van der Waals surface area contributed by atoms with Crippen LogP contribution in [0.25, 0.3) is 10.2 Å². The Bertz CT molecular complexity index is 690. The normalized spacial score (nSPS) is 27.9. The Morgan fingerprint density at radius 3 is 2.90 bits per heavy atom. The van der Waals surface area contributed by atoms with Gasteiger partial charge in [-0.05, 0) is 50.0 Å². The number of nitrogens with two attached hydrogens (primary N) is 1. The van der Waals surface area contributed by atoms with E-state index in [1.165, 1.54) is 37.3 Å². The summed E-state index contributed by atoms with van der Waals surface area (Å²) in [5.74, 6) is 0.657. The molecule has 1 aromatic heterocycles. The molecule has 5 nitrogen and oxygen atoms in total. The van der Waals surface area contributed by atoms with E-state index in [9.17, 15) is 4.79 Å². The Hall–Kier alpha value is -1.66. The van der Waals surface area contributed by atoms with Crippen molar-refractivity contribution in [2.75, 3.05) is 25.4 Å². The Balaban J connectivity index is 1.53. The van der Waals surface area contributed by atoms with Crippen LogP contribution in [0.5, 0.6) is 0 Å². The highest BCUT2D eigenvalue weighted by molar-refractivity contribution is 7.22. The average molecular weight is 302 g/mol. The molecule has 3 N–H and O–H groups in total. The van der Waals surface area contributed by atoms with Gasteiger partial charge in [-0.15, -0.1) is 0 Å². The largest absolute Gasteiger partial charge is 0.375 e. The fourth-order valence-corrected chi connectivity index (χ4v) is 4.24. The minimum absolute atomic E-state index is 0.0163. The lowest BCUT2D eigenvalue weighted by atomic mass is 9.84. The fourth-order valence-electron chi connectivity index (χ4n) is 3.46. The van der Waals surface area contributed by atoms with Gasteiger partial charge < -0.3 is 16.0 Å². The second-order valence-electron chi connectivity index (χ2n) is 5.95. The van der Waals surface area contributed by atoms with Crippen molar-refractivity contribution < 1.29 is 4.79 Å². The summed E-state index contributed by atoms with van der Waals surface area (Å²) in [6.45, 7) is 3.36. The molecule has 6 heteroatoms. The Morgan fingerprint density at radius 1 is 1.38 bits per heavy atom. The molecule has 0 radical (unpaired) electrons. The molecule has 0 spiro atoms. The van der Waals surface area contributed by atoms with Crippen LogP contribution in [0.1, 0.15) is 23.2 Å². The molecule has 4 heterocycles. The molecule has 21 heavy (non-hydrogen) atoms. The van der Waals surface area contributed by atoms with Crippen LogP contribution in [0.3, 0.4) is 0 Å². The second kappa shape index (κ2) is 4.96. The van der Waals surface area contributed by atoms with E-state index in [1.54, 1.807) is 0 Å². The van der Waals surface area contributed by atoms with E-state index in [1.807, 2.05) is 18.2 Å². The molecular weight excluding hydrogens is 284 g/mol. The van der Waals surface area contributed by atoms with Crippen molar-refractivity contribution in [2.24, 2.45) is 5.92 Å². The van der Waals surface area contributed by atoms with Crippen LogP contribution in [-0.2, 0) is 0 Å². The minimum Gasteiger partial charge on any atom is -0.375 e. The van der Waals surface area contributed by atoms with Crippen LogP contribution in [0.15, 0.2) is 18.2 Å². The highest BCUT2D eigenvalue weighted by Crippen LogP contribution is 2.28. The van der Waals surface area contributed by atoms with Gasteiger partial charge in [0, 0.05) is 18.2 Å². The standard InChI is InChI=1S/C15H18N4OS/c16-15-18-11-2-1-10(7-13(11)21-15)14(20)17-12-8-19-5-3-9(12)4-6-19/h1-2,7,9,12H,3-6,8H2,(H2,16,18)(H,17,20)/t12-/m0/s1. The molecule has 110 valence electrons. The predicted octanol–water partition coefficient (Wildman–Crippen LogP) is 1.70. The van der Waals surface area contributed by atoms with E-state index >= 15 is 0 Å². The van der Waals surface area contributed by atoms with Crippen LogP contribution < -0.4 is 11.1 Å². The maximum absolute atomic E-state index is 12.5. The maximum atomic E-state index is 12.5. The van der Waals surface area contributed by atoms with E-state index in [4.69, 9.17) is 5.73 Å². The molecule has 3 aliphatic heterocycles. The summed E-state index contributed by atoms with van der Waals surface area (Å²) in [6, 6.07) is 5.88. The molecule has 2 bridgehead atoms. The van der Waals surface area contributed by atoms with Crippen molar-refractivity contribution in [2.45, 2.75) is 18.9 Å². The molecule has 0 saturated carbocycles. The third-order valence-corrected chi connectivity index (χ3v) is 5.49. The quantitative estimate of drug-likeness (QED) is 0.886. The topological polar surface area (TPSA) is 71.2 Å². The first-order valence-corrected chi connectivity index (χ1v) is 8.20. The summed E-state index contributed by atoms with van der Waals surface area (Å²) < 4.78 is 0.967. The number of rotatable bonds is 2.